The Labute approximate surface area is 133 Å². The van der Waals surface area contributed by atoms with Crippen molar-refractivity contribution >= 4 is 43.5 Å². The molecule has 2 N–H and O–H groups in total. The normalized spacial score (nSPS) is 12.5. The minimum absolute atomic E-state index is 0.279. The molecule has 0 spiro atoms. The van der Waals surface area contributed by atoms with Gasteiger partial charge in [0.05, 0.1) is 5.02 Å². The zero-order valence-electron chi connectivity index (χ0n) is 9.84. The minimum Gasteiger partial charge on any atom is -0.324 e. The van der Waals surface area contributed by atoms with Gasteiger partial charge < -0.3 is 5.73 Å². The lowest BCUT2D eigenvalue weighted by molar-refractivity contribution is 0.621. The van der Waals surface area contributed by atoms with Gasteiger partial charge in [0.2, 0.25) is 0 Å². The van der Waals surface area contributed by atoms with Crippen LogP contribution in [0.5, 0.6) is 0 Å². The van der Waals surface area contributed by atoms with Crippen molar-refractivity contribution in [3.63, 3.8) is 0 Å². The molecule has 1 unspecified atom stereocenters. The van der Waals surface area contributed by atoms with Crippen molar-refractivity contribution in [3.05, 3.63) is 67.3 Å². The van der Waals surface area contributed by atoms with E-state index in [1.807, 2.05) is 24.3 Å². The lowest BCUT2D eigenvalue weighted by Crippen LogP contribution is -2.14. The fraction of sp³-hybridized carbons (Fsp3) is 0.143. The van der Waals surface area contributed by atoms with Crippen molar-refractivity contribution in [2.24, 2.45) is 5.73 Å². The maximum Gasteiger partial charge on any atom is 0.124 e. The first-order valence-electron chi connectivity index (χ1n) is 5.62. The molecule has 1 nitrogen and oxygen atoms in total. The second-order valence-electron chi connectivity index (χ2n) is 4.23. The third kappa shape index (κ3) is 3.78. The second kappa shape index (κ2) is 6.35. The van der Waals surface area contributed by atoms with Gasteiger partial charge in [0.15, 0.2) is 0 Å². The van der Waals surface area contributed by atoms with E-state index in [1.54, 1.807) is 0 Å². The molecule has 0 aliphatic heterocycles. The number of hydrogen-bond donors (Lipinski definition) is 1. The number of hydrogen-bond acceptors (Lipinski definition) is 1. The van der Waals surface area contributed by atoms with Crippen LogP contribution in [0.15, 0.2) is 45.3 Å². The Morgan fingerprint density at radius 1 is 1.21 bits per heavy atom. The lowest BCUT2D eigenvalue weighted by atomic mass is 9.99. The average molecular weight is 408 g/mol. The topological polar surface area (TPSA) is 26.0 Å². The molecule has 2 aromatic carbocycles. The highest BCUT2D eigenvalue weighted by molar-refractivity contribution is 9.10. The van der Waals surface area contributed by atoms with Gasteiger partial charge in [0.25, 0.3) is 0 Å². The third-order valence-electron chi connectivity index (χ3n) is 2.76. The predicted octanol–water partition coefficient (Wildman–Crippen LogP) is 5.25. The molecule has 0 saturated heterocycles. The monoisotopic (exact) mass is 405 g/mol. The van der Waals surface area contributed by atoms with Gasteiger partial charge in [-0.25, -0.2) is 4.39 Å². The molecule has 19 heavy (non-hydrogen) atoms. The molecule has 0 radical (unpaired) electrons. The van der Waals surface area contributed by atoms with E-state index in [2.05, 4.69) is 31.9 Å². The van der Waals surface area contributed by atoms with Crippen molar-refractivity contribution in [1.82, 2.24) is 0 Å². The fourth-order valence-electron chi connectivity index (χ4n) is 1.90. The first-order valence-corrected chi connectivity index (χ1v) is 7.58. The van der Waals surface area contributed by atoms with E-state index >= 15 is 0 Å². The van der Waals surface area contributed by atoms with Gasteiger partial charge in [-0.15, -0.1) is 0 Å². The second-order valence-corrected chi connectivity index (χ2v) is 6.38. The molecule has 2 rings (SSSR count). The van der Waals surface area contributed by atoms with Gasteiger partial charge >= 0.3 is 0 Å². The molecular weight excluding hydrogens is 396 g/mol. The number of benzene rings is 2. The van der Waals surface area contributed by atoms with Crippen LogP contribution >= 0.6 is 43.5 Å². The molecule has 2 aromatic rings. The predicted molar refractivity (Wildman–Crippen MR) is 83.9 cm³/mol. The van der Waals surface area contributed by atoms with E-state index in [0.717, 1.165) is 15.6 Å². The van der Waals surface area contributed by atoms with Gasteiger partial charge in [-0.3, -0.25) is 0 Å². The Morgan fingerprint density at radius 3 is 2.63 bits per heavy atom. The van der Waals surface area contributed by atoms with Crippen molar-refractivity contribution < 1.29 is 4.39 Å². The van der Waals surface area contributed by atoms with Crippen LogP contribution < -0.4 is 5.73 Å². The molecular formula is C14H11Br2ClFN. The summed E-state index contributed by atoms with van der Waals surface area (Å²) in [5.74, 6) is -0.281. The van der Waals surface area contributed by atoms with Crippen LogP contribution in [-0.2, 0) is 6.42 Å². The third-order valence-corrected chi connectivity index (χ3v) is 4.53. The van der Waals surface area contributed by atoms with Crippen LogP contribution in [0.3, 0.4) is 0 Å². The van der Waals surface area contributed by atoms with E-state index in [4.69, 9.17) is 17.3 Å². The molecule has 0 fully saturated rings. The largest absolute Gasteiger partial charge is 0.324 e. The van der Waals surface area contributed by atoms with Gasteiger partial charge in [-0.05, 0) is 57.7 Å². The van der Waals surface area contributed by atoms with Crippen LogP contribution in [0.2, 0.25) is 5.02 Å². The van der Waals surface area contributed by atoms with Crippen molar-refractivity contribution in [1.29, 1.82) is 0 Å². The lowest BCUT2D eigenvalue weighted by Gasteiger charge is -2.15. The summed E-state index contributed by atoms with van der Waals surface area (Å²) in [5.41, 5.74) is 7.83. The first kappa shape index (κ1) is 15.0. The Balaban J connectivity index is 2.25. The summed E-state index contributed by atoms with van der Waals surface area (Å²) in [5, 5.41) is 0.602. The number of halogens is 4. The van der Waals surface area contributed by atoms with Gasteiger partial charge in [0, 0.05) is 15.0 Å². The number of rotatable bonds is 3. The van der Waals surface area contributed by atoms with E-state index in [-0.39, 0.29) is 11.9 Å². The number of nitrogens with two attached hydrogens (primary N) is 1. The van der Waals surface area contributed by atoms with E-state index in [1.165, 1.54) is 12.1 Å². The molecule has 0 aromatic heterocycles. The summed E-state index contributed by atoms with van der Waals surface area (Å²) in [6, 6.07) is 10.1. The quantitative estimate of drug-likeness (QED) is 0.739. The molecule has 0 bridgehead atoms. The van der Waals surface area contributed by atoms with Gasteiger partial charge in [0.1, 0.15) is 5.82 Å². The zero-order valence-corrected chi connectivity index (χ0v) is 13.8. The summed E-state index contributed by atoms with van der Waals surface area (Å²) in [4.78, 5) is 0. The highest BCUT2D eigenvalue weighted by atomic mass is 79.9. The fourth-order valence-corrected chi connectivity index (χ4v) is 3.06. The molecule has 0 saturated carbocycles. The molecule has 100 valence electrons. The van der Waals surface area contributed by atoms with Crippen molar-refractivity contribution in [3.8, 4) is 0 Å². The summed E-state index contributed by atoms with van der Waals surface area (Å²) in [6.45, 7) is 0. The Hall–Kier alpha value is -0.420. The maximum atomic E-state index is 13.3. The van der Waals surface area contributed by atoms with Crippen LogP contribution in [0.1, 0.15) is 17.2 Å². The van der Waals surface area contributed by atoms with Crippen LogP contribution in [0, 0.1) is 5.82 Å². The summed E-state index contributed by atoms with van der Waals surface area (Å²) < 4.78 is 14.8. The summed E-state index contributed by atoms with van der Waals surface area (Å²) in [6.07, 6.45) is 0.520. The SMILES string of the molecule is NC(Cc1cc(F)cc(Br)c1)c1cccc(Br)c1Cl. The van der Waals surface area contributed by atoms with Crippen LogP contribution in [-0.4, -0.2) is 0 Å². The standard InChI is InChI=1S/C14H11Br2ClFN/c15-9-4-8(5-10(18)7-9)6-13(19)11-2-1-3-12(16)14(11)17/h1-5,7,13H,6,19H2. The Kier molecular flexibility index (Phi) is 5.01. The summed E-state index contributed by atoms with van der Waals surface area (Å²) in [7, 11) is 0. The summed E-state index contributed by atoms with van der Waals surface area (Å²) >= 11 is 12.8. The maximum absolute atomic E-state index is 13.3. The molecule has 5 heteroatoms. The highest BCUT2D eigenvalue weighted by Crippen LogP contribution is 2.31. The van der Waals surface area contributed by atoms with Crippen molar-refractivity contribution in [2.75, 3.05) is 0 Å². The van der Waals surface area contributed by atoms with Gasteiger partial charge in [-0.1, -0.05) is 39.7 Å². The highest BCUT2D eigenvalue weighted by Gasteiger charge is 2.13. The molecule has 0 amide bonds. The Bertz CT molecular complexity index is 584. The van der Waals surface area contributed by atoms with Gasteiger partial charge in [-0.2, -0.15) is 0 Å². The molecule has 0 aliphatic rings. The smallest absolute Gasteiger partial charge is 0.124 e. The minimum atomic E-state index is -0.281. The molecule has 0 heterocycles. The first-order chi connectivity index (χ1) is 8.97. The van der Waals surface area contributed by atoms with Crippen molar-refractivity contribution in [2.45, 2.75) is 12.5 Å². The molecule has 0 aliphatic carbocycles. The Morgan fingerprint density at radius 2 is 1.95 bits per heavy atom. The van der Waals surface area contributed by atoms with E-state index in [0.29, 0.717) is 15.9 Å². The molecule has 1 atom stereocenters. The average Bonchev–Trinajstić information content (AvgIpc) is 2.31. The van der Waals surface area contributed by atoms with E-state index < -0.39 is 0 Å². The van der Waals surface area contributed by atoms with Crippen LogP contribution in [0.25, 0.3) is 0 Å². The van der Waals surface area contributed by atoms with Crippen LogP contribution in [0.4, 0.5) is 4.39 Å². The zero-order chi connectivity index (χ0) is 14.0. The van der Waals surface area contributed by atoms with E-state index in [9.17, 15) is 4.39 Å².